The Hall–Kier alpha value is -1.74. The fourth-order valence-corrected chi connectivity index (χ4v) is 0.852. The number of nitrogens with one attached hydrogen (secondary N) is 1. The number of hydrogen-bond acceptors (Lipinski definition) is 3. The van der Waals surface area contributed by atoms with E-state index in [0.29, 0.717) is 17.6 Å². The Morgan fingerprint density at radius 2 is 2.18 bits per heavy atom. The van der Waals surface area contributed by atoms with Gasteiger partial charge in [0, 0.05) is 18.3 Å². The van der Waals surface area contributed by atoms with Crippen LogP contribution in [0.1, 0.15) is 13.3 Å². The van der Waals surface area contributed by atoms with Crippen LogP contribution in [-0.4, -0.2) is 0 Å². The summed E-state index contributed by atoms with van der Waals surface area (Å²) >= 11 is 0. The van der Waals surface area contributed by atoms with Gasteiger partial charge in [-0.2, -0.15) is 10.5 Å². The fourth-order valence-electron chi connectivity index (χ4n) is 0.852. The average molecular weight is 145 g/mol. The Bertz CT molecular complexity index is 309. The summed E-state index contributed by atoms with van der Waals surface area (Å²) < 4.78 is 0. The highest BCUT2D eigenvalue weighted by atomic mass is 14.9. The maximum atomic E-state index is 8.59. The van der Waals surface area contributed by atoms with Crippen molar-refractivity contribution in [3.63, 3.8) is 0 Å². The normalized spacial score (nSPS) is 16.1. The van der Waals surface area contributed by atoms with Crippen LogP contribution in [0.2, 0.25) is 0 Å². The van der Waals surface area contributed by atoms with E-state index in [1.807, 2.05) is 19.1 Å². The molecule has 54 valence electrons. The van der Waals surface area contributed by atoms with E-state index in [9.17, 15) is 0 Å². The summed E-state index contributed by atoms with van der Waals surface area (Å²) in [5, 5.41) is 19.9. The first-order valence-corrected chi connectivity index (χ1v) is 3.23. The molecular formula is C8H7N3. The third-order valence-electron chi connectivity index (χ3n) is 1.56. The summed E-state index contributed by atoms with van der Waals surface area (Å²) in [4.78, 5) is 0. The van der Waals surface area contributed by atoms with Gasteiger partial charge in [0.2, 0.25) is 0 Å². The molecule has 11 heavy (non-hydrogen) atoms. The van der Waals surface area contributed by atoms with Crippen molar-refractivity contribution in [1.82, 2.24) is 5.32 Å². The highest BCUT2D eigenvalue weighted by Crippen LogP contribution is 2.16. The summed E-state index contributed by atoms with van der Waals surface area (Å²) in [6.45, 7) is 1.82. The molecule has 1 N–H and O–H groups in total. The number of allylic oxidation sites excluding steroid dienone is 3. The van der Waals surface area contributed by atoms with Gasteiger partial charge in [0.05, 0.1) is 23.3 Å². The van der Waals surface area contributed by atoms with E-state index in [1.165, 1.54) is 0 Å². The third kappa shape index (κ3) is 1.39. The van der Waals surface area contributed by atoms with Gasteiger partial charge in [-0.1, -0.05) is 0 Å². The third-order valence-corrected chi connectivity index (χ3v) is 1.56. The van der Waals surface area contributed by atoms with Crippen molar-refractivity contribution in [3.05, 3.63) is 23.0 Å². The number of rotatable bonds is 0. The Morgan fingerprint density at radius 1 is 1.45 bits per heavy atom. The molecule has 0 aromatic carbocycles. The molecule has 0 aromatic rings. The van der Waals surface area contributed by atoms with Crippen LogP contribution >= 0.6 is 0 Å². The highest BCUT2D eigenvalue weighted by Gasteiger charge is 2.09. The molecule has 0 saturated heterocycles. The molecule has 1 aliphatic rings. The summed E-state index contributed by atoms with van der Waals surface area (Å²) in [6, 6.07) is 4.05. The second-order valence-electron chi connectivity index (χ2n) is 2.32. The smallest absolute Gasteiger partial charge is 0.0969 e. The number of nitriles is 2. The summed E-state index contributed by atoms with van der Waals surface area (Å²) in [7, 11) is 0. The van der Waals surface area contributed by atoms with Gasteiger partial charge in [-0.25, -0.2) is 0 Å². The summed E-state index contributed by atoms with van der Waals surface area (Å²) in [5.41, 5.74) is 2.09. The highest BCUT2D eigenvalue weighted by molar-refractivity contribution is 5.39. The van der Waals surface area contributed by atoms with Crippen molar-refractivity contribution in [3.8, 4) is 12.1 Å². The Kier molecular flexibility index (Phi) is 1.94. The van der Waals surface area contributed by atoms with Crippen LogP contribution in [0.25, 0.3) is 0 Å². The van der Waals surface area contributed by atoms with E-state index in [4.69, 9.17) is 10.5 Å². The monoisotopic (exact) mass is 145 g/mol. The van der Waals surface area contributed by atoms with E-state index < -0.39 is 0 Å². The first kappa shape index (κ1) is 7.37. The molecular weight excluding hydrogens is 138 g/mol. The van der Waals surface area contributed by atoms with E-state index in [-0.39, 0.29) is 0 Å². The van der Waals surface area contributed by atoms with Gasteiger partial charge in [-0.3, -0.25) is 0 Å². The number of dihydropyridines is 1. The molecule has 0 saturated carbocycles. The molecule has 0 unspecified atom stereocenters. The van der Waals surface area contributed by atoms with Crippen LogP contribution in [0, 0.1) is 22.7 Å². The zero-order valence-corrected chi connectivity index (χ0v) is 6.18. The van der Waals surface area contributed by atoms with Crippen LogP contribution in [0.5, 0.6) is 0 Å². The van der Waals surface area contributed by atoms with Crippen molar-refractivity contribution in [2.45, 2.75) is 13.3 Å². The van der Waals surface area contributed by atoms with Gasteiger partial charge in [0.1, 0.15) is 0 Å². The predicted molar refractivity (Wildman–Crippen MR) is 39.8 cm³/mol. The topological polar surface area (TPSA) is 59.6 Å². The van der Waals surface area contributed by atoms with Crippen molar-refractivity contribution >= 4 is 0 Å². The SMILES string of the molecule is CC1=C(C#N)CC(C#N)=CN1. The van der Waals surface area contributed by atoms with Crippen molar-refractivity contribution < 1.29 is 0 Å². The molecule has 0 aliphatic carbocycles. The fraction of sp³-hybridized carbons (Fsp3) is 0.250. The largest absolute Gasteiger partial charge is 0.363 e. The lowest BCUT2D eigenvalue weighted by molar-refractivity contribution is 0.947. The van der Waals surface area contributed by atoms with Gasteiger partial charge in [-0.05, 0) is 6.92 Å². The zero-order chi connectivity index (χ0) is 8.27. The Balaban J connectivity index is 2.85. The van der Waals surface area contributed by atoms with Crippen molar-refractivity contribution in [2.24, 2.45) is 0 Å². The first-order valence-electron chi connectivity index (χ1n) is 3.23. The minimum atomic E-state index is 0.464. The molecule has 3 nitrogen and oxygen atoms in total. The van der Waals surface area contributed by atoms with Crippen LogP contribution in [0.4, 0.5) is 0 Å². The van der Waals surface area contributed by atoms with Crippen LogP contribution < -0.4 is 5.32 Å². The maximum Gasteiger partial charge on any atom is 0.0969 e. The van der Waals surface area contributed by atoms with E-state index in [2.05, 4.69) is 5.32 Å². The number of nitrogens with zero attached hydrogens (tertiary/aromatic N) is 2. The molecule has 3 heteroatoms. The molecule has 1 rings (SSSR count). The Labute approximate surface area is 65.2 Å². The lowest BCUT2D eigenvalue weighted by Gasteiger charge is -2.10. The minimum Gasteiger partial charge on any atom is -0.363 e. The van der Waals surface area contributed by atoms with Gasteiger partial charge in [0.15, 0.2) is 0 Å². The van der Waals surface area contributed by atoms with Gasteiger partial charge in [-0.15, -0.1) is 0 Å². The predicted octanol–water partition coefficient (Wildman–Crippen LogP) is 1.18. The molecule has 1 heterocycles. The molecule has 1 aliphatic heterocycles. The van der Waals surface area contributed by atoms with Crippen molar-refractivity contribution in [1.29, 1.82) is 10.5 Å². The van der Waals surface area contributed by atoms with Gasteiger partial charge in [0.25, 0.3) is 0 Å². The second kappa shape index (κ2) is 2.90. The maximum absolute atomic E-state index is 8.59. The molecule has 0 bridgehead atoms. The van der Waals surface area contributed by atoms with Gasteiger partial charge < -0.3 is 5.32 Å². The lowest BCUT2D eigenvalue weighted by Crippen LogP contribution is -2.11. The second-order valence-corrected chi connectivity index (χ2v) is 2.32. The first-order chi connectivity index (χ1) is 5.27. The molecule has 0 aromatic heterocycles. The van der Waals surface area contributed by atoms with E-state index in [0.717, 1.165) is 5.70 Å². The minimum absolute atomic E-state index is 0.464. The molecule has 0 radical (unpaired) electrons. The number of hydrogen-bond donors (Lipinski definition) is 1. The van der Waals surface area contributed by atoms with Crippen LogP contribution in [0.3, 0.4) is 0 Å². The molecule has 0 spiro atoms. The quantitative estimate of drug-likeness (QED) is 0.556. The van der Waals surface area contributed by atoms with Crippen molar-refractivity contribution in [2.75, 3.05) is 0 Å². The molecule has 0 fully saturated rings. The van der Waals surface area contributed by atoms with E-state index >= 15 is 0 Å². The lowest BCUT2D eigenvalue weighted by atomic mass is 10.0. The van der Waals surface area contributed by atoms with E-state index in [1.54, 1.807) is 6.20 Å². The molecule has 0 amide bonds. The molecule has 0 atom stereocenters. The van der Waals surface area contributed by atoms with Crippen LogP contribution in [0.15, 0.2) is 23.0 Å². The summed E-state index contributed by atoms with van der Waals surface area (Å²) in [5.74, 6) is 0. The Morgan fingerprint density at radius 3 is 2.73 bits per heavy atom. The average Bonchev–Trinajstić information content (AvgIpc) is 2.05. The summed E-state index contributed by atoms with van der Waals surface area (Å²) in [6.07, 6.45) is 2.10. The van der Waals surface area contributed by atoms with Gasteiger partial charge >= 0.3 is 0 Å². The van der Waals surface area contributed by atoms with Crippen LogP contribution in [-0.2, 0) is 0 Å². The standard InChI is InChI=1S/C8H7N3/c1-6-8(4-10)2-7(3-9)5-11-6/h5,11H,2H2,1H3. The zero-order valence-electron chi connectivity index (χ0n) is 6.18.